The van der Waals surface area contributed by atoms with Gasteiger partial charge in [-0.3, -0.25) is 9.69 Å². The van der Waals surface area contributed by atoms with Gasteiger partial charge in [-0.05, 0) is 56.7 Å². The minimum Gasteiger partial charge on any atom is -0.353 e. The van der Waals surface area contributed by atoms with Gasteiger partial charge in [0.25, 0.3) is 0 Å². The van der Waals surface area contributed by atoms with Gasteiger partial charge >= 0.3 is 0 Å². The summed E-state index contributed by atoms with van der Waals surface area (Å²) < 4.78 is 0.871. The highest BCUT2D eigenvalue weighted by atomic mass is 35.5. The monoisotopic (exact) mass is 326 g/mol. The van der Waals surface area contributed by atoms with Gasteiger partial charge < -0.3 is 5.32 Å². The molecule has 1 atom stereocenters. The van der Waals surface area contributed by atoms with Crippen molar-refractivity contribution in [3.63, 3.8) is 0 Å². The summed E-state index contributed by atoms with van der Waals surface area (Å²) in [6.45, 7) is 3.29. The van der Waals surface area contributed by atoms with E-state index in [4.69, 9.17) is 11.6 Å². The van der Waals surface area contributed by atoms with E-state index < -0.39 is 0 Å². The highest BCUT2D eigenvalue weighted by molar-refractivity contribution is 7.16. The maximum atomic E-state index is 11.8. The number of amides is 1. The molecule has 5 heteroatoms. The highest BCUT2D eigenvalue weighted by Crippen LogP contribution is 2.26. The fourth-order valence-corrected chi connectivity index (χ4v) is 4.18. The Morgan fingerprint density at radius 2 is 2.24 bits per heavy atom. The van der Waals surface area contributed by atoms with E-state index in [1.54, 1.807) is 11.3 Å². The second kappa shape index (κ2) is 7.12. The molecule has 1 saturated carbocycles. The molecule has 0 unspecified atom stereocenters. The number of piperidine rings is 1. The van der Waals surface area contributed by atoms with Crippen LogP contribution in [0.1, 0.15) is 43.4 Å². The third-order valence-electron chi connectivity index (χ3n) is 4.33. The first-order valence-electron chi connectivity index (χ1n) is 7.95. The molecule has 1 saturated heterocycles. The molecule has 116 valence electrons. The fourth-order valence-electron chi connectivity index (χ4n) is 3.05. The lowest BCUT2D eigenvalue weighted by molar-refractivity contribution is -0.121. The Kier molecular flexibility index (Phi) is 5.19. The Balaban J connectivity index is 1.41. The first kappa shape index (κ1) is 15.3. The molecular weight excluding hydrogens is 304 g/mol. The SMILES string of the molecule is O=C(CC[C@H]1CCCN(Cc2ccc(Cl)s2)C1)NC1CC1. The van der Waals surface area contributed by atoms with Gasteiger partial charge in [0.2, 0.25) is 5.91 Å². The number of likely N-dealkylation sites (tertiary alicyclic amines) is 1. The predicted octanol–water partition coefficient (Wildman–Crippen LogP) is 3.67. The summed E-state index contributed by atoms with van der Waals surface area (Å²) in [5.74, 6) is 0.916. The van der Waals surface area contributed by atoms with E-state index in [1.165, 1.54) is 37.1 Å². The van der Waals surface area contributed by atoms with Crippen molar-refractivity contribution < 1.29 is 4.79 Å². The molecule has 2 aliphatic rings. The van der Waals surface area contributed by atoms with E-state index >= 15 is 0 Å². The summed E-state index contributed by atoms with van der Waals surface area (Å²) in [5, 5.41) is 3.08. The summed E-state index contributed by atoms with van der Waals surface area (Å²) in [6, 6.07) is 4.59. The second-order valence-corrected chi connectivity index (χ2v) is 8.13. The Morgan fingerprint density at radius 1 is 1.38 bits per heavy atom. The summed E-state index contributed by atoms with van der Waals surface area (Å²) in [6.07, 6.45) is 6.57. The van der Waals surface area contributed by atoms with Crippen LogP contribution >= 0.6 is 22.9 Å². The molecule has 3 rings (SSSR count). The van der Waals surface area contributed by atoms with Crippen LogP contribution in [0.3, 0.4) is 0 Å². The molecule has 21 heavy (non-hydrogen) atoms. The Bertz CT molecular complexity index is 486. The van der Waals surface area contributed by atoms with Gasteiger partial charge in [-0.25, -0.2) is 0 Å². The number of hydrogen-bond acceptors (Lipinski definition) is 3. The van der Waals surface area contributed by atoms with Crippen LogP contribution in [-0.4, -0.2) is 29.9 Å². The van der Waals surface area contributed by atoms with Gasteiger partial charge in [-0.15, -0.1) is 11.3 Å². The lowest BCUT2D eigenvalue weighted by Gasteiger charge is -2.32. The number of nitrogens with zero attached hydrogens (tertiary/aromatic N) is 1. The predicted molar refractivity (Wildman–Crippen MR) is 87.7 cm³/mol. The molecule has 3 nitrogen and oxygen atoms in total. The molecule has 0 spiro atoms. The van der Waals surface area contributed by atoms with Crippen LogP contribution in [0.15, 0.2) is 12.1 Å². The van der Waals surface area contributed by atoms with Gasteiger partial charge in [0.1, 0.15) is 0 Å². The van der Waals surface area contributed by atoms with E-state index in [9.17, 15) is 4.79 Å². The van der Waals surface area contributed by atoms with E-state index in [2.05, 4.69) is 16.3 Å². The number of carbonyl (C=O) groups is 1. The van der Waals surface area contributed by atoms with Crippen LogP contribution in [0.2, 0.25) is 4.34 Å². The second-order valence-electron chi connectivity index (χ2n) is 6.33. The van der Waals surface area contributed by atoms with Crippen molar-refractivity contribution in [2.45, 2.75) is 51.1 Å². The molecule has 1 aliphatic heterocycles. The molecular formula is C16H23ClN2OS. The van der Waals surface area contributed by atoms with Crippen molar-refractivity contribution in [2.75, 3.05) is 13.1 Å². The summed E-state index contributed by atoms with van der Waals surface area (Å²) in [5.41, 5.74) is 0. The number of rotatable bonds is 6. The average molecular weight is 327 g/mol. The zero-order chi connectivity index (χ0) is 14.7. The zero-order valence-corrected chi connectivity index (χ0v) is 13.9. The van der Waals surface area contributed by atoms with Gasteiger partial charge in [0, 0.05) is 30.4 Å². The van der Waals surface area contributed by atoms with Crippen molar-refractivity contribution in [1.29, 1.82) is 0 Å². The van der Waals surface area contributed by atoms with Gasteiger partial charge in [-0.2, -0.15) is 0 Å². The maximum Gasteiger partial charge on any atom is 0.220 e. The molecule has 0 aromatic carbocycles. The van der Waals surface area contributed by atoms with E-state index in [-0.39, 0.29) is 5.91 Å². The van der Waals surface area contributed by atoms with Gasteiger partial charge in [0.05, 0.1) is 4.34 Å². The van der Waals surface area contributed by atoms with Crippen LogP contribution in [0.4, 0.5) is 0 Å². The summed E-state index contributed by atoms with van der Waals surface area (Å²) >= 11 is 7.67. The van der Waals surface area contributed by atoms with E-state index in [0.717, 1.165) is 23.8 Å². The number of nitrogens with one attached hydrogen (secondary N) is 1. The quantitative estimate of drug-likeness (QED) is 0.865. The summed E-state index contributed by atoms with van der Waals surface area (Å²) in [7, 11) is 0. The molecule has 1 aromatic heterocycles. The molecule has 0 radical (unpaired) electrons. The smallest absolute Gasteiger partial charge is 0.220 e. The molecule has 0 bridgehead atoms. The highest BCUT2D eigenvalue weighted by Gasteiger charge is 2.25. The molecule has 1 aromatic rings. The minimum absolute atomic E-state index is 0.250. The minimum atomic E-state index is 0.250. The first-order valence-corrected chi connectivity index (χ1v) is 9.14. The Labute approximate surface area is 135 Å². The van der Waals surface area contributed by atoms with Crippen molar-refractivity contribution in [2.24, 2.45) is 5.92 Å². The lowest BCUT2D eigenvalue weighted by Crippen LogP contribution is -2.35. The number of halogens is 1. The van der Waals surface area contributed by atoms with E-state index in [1.807, 2.05) is 6.07 Å². The fraction of sp³-hybridized carbons (Fsp3) is 0.688. The van der Waals surface area contributed by atoms with Crippen molar-refractivity contribution in [1.82, 2.24) is 10.2 Å². The number of thiophene rings is 1. The zero-order valence-electron chi connectivity index (χ0n) is 12.3. The summed E-state index contributed by atoms with van der Waals surface area (Å²) in [4.78, 5) is 15.6. The van der Waals surface area contributed by atoms with Crippen LogP contribution in [0, 0.1) is 5.92 Å². The third-order valence-corrected chi connectivity index (χ3v) is 5.55. The van der Waals surface area contributed by atoms with Crippen LogP contribution < -0.4 is 5.32 Å². The topological polar surface area (TPSA) is 32.3 Å². The van der Waals surface area contributed by atoms with Crippen molar-refractivity contribution >= 4 is 28.8 Å². The molecule has 1 N–H and O–H groups in total. The largest absolute Gasteiger partial charge is 0.353 e. The van der Waals surface area contributed by atoms with Crippen LogP contribution in [0.25, 0.3) is 0 Å². The Hall–Kier alpha value is -0.580. The lowest BCUT2D eigenvalue weighted by atomic mass is 9.93. The van der Waals surface area contributed by atoms with Crippen molar-refractivity contribution in [3.05, 3.63) is 21.3 Å². The van der Waals surface area contributed by atoms with Gasteiger partial charge in [0.15, 0.2) is 0 Å². The normalized spacial score (nSPS) is 23.2. The van der Waals surface area contributed by atoms with Crippen LogP contribution in [-0.2, 0) is 11.3 Å². The molecule has 1 aliphatic carbocycles. The van der Waals surface area contributed by atoms with E-state index in [0.29, 0.717) is 18.4 Å². The van der Waals surface area contributed by atoms with Gasteiger partial charge in [-0.1, -0.05) is 11.6 Å². The maximum absolute atomic E-state index is 11.8. The Morgan fingerprint density at radius 3 is 2.95 bits per heavy atom. The number of hydrogen-bond donors (Lipinski definition) is 1. The first-order chi connectivity index (χ1) is 10.2. The molecule has 2 fully saturated rings. The average Bonchev–Trinajstić information content (AvgIpc) is 3.18. The van der Waals surface area contributed by atoms with Crippen molar-refractivity contribution in [3.8, 4) is 0 Å². The molecule has 1 amide bonds. The van der Waals surface area contributed by atoms with Crippen LogP contribution in [0.5, 0.6) is 0 Å². The molecule has 2 heterocycles. The number of carbonyl (C=O) groups excluding carboxylic acids is 1. The third kappa shape index (κ3) is 4.97. The standard InChI is InChI=1S/C16H23ClN2OS/c17-15-7-6-14(21-15)11-19-9-1-2-12(10-19)3-8-16(20)18-13-4-5-13/h6-7,12-13H,1-5,8-11H2,(H,18,20)/t12-/m1/s1.